The first kappa shape index (κ1) is 16.7. The van der Waals surface area contributed by atoms with E-state index in [1.807, 2.05) is 6.92 Å². The smallest absolute Gasteiger partial charge is 0.335 e. The summed E-state index contributed by atoms with van der Waals surface area (Å²) in [6.45, 7) is 3.70. The summed E-state index contributed by atoms with van der Waals surface area (Å²) in [5, 5.41) is 9.12. The first-order chi connectivity index (χ1) is 11.5. The fourth-order valence-electron chi connectivity index (χ4n) is 3.23. The van der Waals surface area contributed by atoms with Gasteiger partial charge in [0, 0.05) is 12.7 Å². The molecular weight excluding hydrogens is 314 g/mol. The van der Waals surface area contributed by atoms with E-state index in [2.05, 4.69) is 0 Å². The van der Waals surface area contributed by atoms with E-state index in [0.29, 0.717) is 38.7 Å². The molecule has 1 fully saturated rings. The topological polar surface area (TPSA) is 85.3 Å². The van der Waals surface area contributed by atoms with Crippen molar-refractivity contribution in [3.63, 3.8) is 0 Å². The van der Waals surface area contributed by atoms with Gasteiger partial charge >= 0.3 is 5.97 Å². The van der Waals surface area contributed by atoms with Crippen LogP contribution in [-0.4, -0.2) is 62.0 Å². The van der Waals surface area contributed by atoms with Crippen molar-refractivity contribution in [1.82, 2.24) is 4.90 Å². The average Bonchev–Trinajstić information content (AvgIpc) is 2.69. The van der Waals surface area contributed by atoms with Gasteiger partial charge in [0.2, 0.25) is 5.91 Å². The normalized spacial score (nSPS) is 21.9. The summed E-state index contributed by atoms with van der Waals surface area (Å²) in [4.78, 5) is 26.0. The lowest BCUT2D eigenvalue weighted by atomic mass is 9.84. The number of benzene rings is 1. The zero-order valence-electron chi connectivity index (χ0n) is 13.8. The maximum absolute atomic E-state index is 13.1. The number of carbonyl (C=O) groups excluding carboxylic acids is 1. The highest BCUT2D eigenvalue weighted by molar-refractivity contribution is 5.88. The minimum atomic E-state index is -1.00. The minimum absolute atomic E-state index is 0.0122. The highest BCUT2D eigenvalue weighted by atomic mass is 16.5. The standard InChI is InChI=1S/C17H21NO6/c1-11-13-4-3-12(15(19)20)7-14(13)24-6-5-18(11)16(21)17(8-22-2)9-23-10-17/h3-4,7,11H,5-6,8-10H2,1-2H3,(H,19,20)/t11-/m0/s1. The summed E-state index contributed by atoms with van der Waals surface area (Å²) in [7, 11) is 1.57. The van der Waals surface area contributed by atoms with Crippen LogP contribution in [0.5, 0.6) is 5.75 Å². The van der Waals surface area contributed by atoms with E-state index in [1.54, 1.807) is 18.1 Å². The zero-order chi connectivity index (χ0) is 17.3. The number of nitrogens with zero attached hydrogens (tertiary/aromatic N) is 1. The second-order valence-electron chi connectivity index (χ2n) is 6.29. The van der Waals surface area contributed by atoms with Gasteiger partial charge in [-0.1, -0.05) is 6.07 Å². The molecule has 130 valence electrons. The zero-order valence-corrected chi connectivity index (χ0v) is 13.8. The van der Waals surface area contributed by atoms with Crippen molar-refractivity contribution >= 4 is 11.9 Å². The molecule has 1 aromatic carbocycles. The third kappa shape index (κ3) is 2.74. The van der Waals surface area contributed by atoms with Gasteiger partial charge in [0.15, 0.2) is 0 Å². The number of aromatic carboxylic acids is 1. The molecule has 2 heterocycles. The number of carboxylic acid groups (broad SMARTS) is 1. The number of ether oxygens (including phenoxy) is 3. The Morgan fingerprint density at radius 3 is 2.75 bits per heavy atom. The van der Waals surface area contributed by atoms with Gasteiger partial charge in [-0.3, -0.25) is 4.79 Å². The number of fused-ring (bicyclic) bond motifs is 1. The summed E-state index contributed by atoms with van der Waals surface area (Å²) in [6, 6.07) is 4.55. The molecule has 1 N–H and O–H groups in total. The van der Waals surface area contributed by atoms with E-state index in [4.69, 9.17) is 19.3 Å². The maximum atomic E-state index is 13.1. The lowest BCUT2D eigenvalue weighted by molar-refractivity contribution is -0.184. The molecule has 1 atom stereocenters. The van der Waals surface area contributed by atoms with Crippen LogP contribution in [0.1, 0.15) is 28.9 Å². The molecule has 2 aliphatic heterocycles. The summed E-state index contributed by atoms with van der Waals surface area (Å²) >= 11 is 0. The number of carboxylic acids is 1. The Balaban J connectivity index is 1.89. The van der Waals surface area contributed by atoms with Gasteiger partial charge in [0.25, 0.3) is 0 Å². The van der Waals surface area contributed by atoms with Crippen molar-refractivity contribution in [2.75, 3.05) is 40.1 Å². The molecule has 0 aromatic heterocycles. The number of amides is 1. The van der Waals surface area contributed by atoms with E-state index in [0.717, 1.165) is 5.56 Å². The van der Waals surface area contributed by atoms with Crippen molar-refractivity contribution < 1.29 is 28.9 Å². The first-order valence-electron chi connectivity index (χ1n) is 7.86. The molecule has 0 radical (unpaired) electrons. The molecule has 0 saturated carbocycles. The van der Waals surface area contributed by atoms with E-state index in [9.17, 15) is 9.59 Å². The van der Waals surface area contributed by atoms with Crippen LogP contribution < -0.4 is 4.74 Å². The lowest BCUT2D eigenvalue weighted by Gasteiger charge is -2.43. The molecule has 7 nitrogen and oxygen atoms in total. The SMILES string of the molecule is COCC1(C(=O)N2CCOc3cc(C(=O)O)ccc3[C@@H]2C)COC1. The number of hydrogen-bond donors (Lipinski definition) is 1. The van der Waals surface area contributed by atoms with Crippen LogP contribution in [0, 0.1) is 5.41 Å². The second-order valence-corrected chi connectivity index (χ2v) is 6.29. The van der Waals surface area contributed by atoms with E-state index in [-0.39, 0.29) is 17.5 Å². The van der Waals surface area contributed by atoms with Crippen LogP contribution in [0.25, 0.3) is 0 Å². The van der Waals surface area contributed by atoms with E-state index in [1.165, 1.54) is 12.1 Å². The molecule has 0 aliphatic carbocycles. The first-order valence-corrected chi connectivity index (χ1v) is 7.86. The lowest BCUT2D eigenvalue weighted by Crippen LogP contribution is -2.58. The average molecular weight is 335 g/mol. The van der Waals surface area contributed by atoms with Crippen LogP contribution in [-0.2, 0) is 14.3 Å². The molecule has 0 bridgehead atoms. The van der Waals surface area contributed by atoms with E-state index >= 15 is 0 Å². The summed E-state index contributed by atoms with van der Waals surface area (Å²) in [5.41, 5.74) is 0.344. The van der Waals surface area contributed by atoms with Gasteiger partial charge in [0.05, 0.1) is 38.0 Å². The molecule has 3 rings (SSSR count). The number of hydrogen-bond acceptors (Lipinski definition) is 5. The van der Waals surface area contributed by atoms with Crippen molar-refractivity contribution in [2.24, 2.45) is 5.41 Å². The Kier molecular flexibility index (Phi) is 4.47. The molecule has 24 heavy (non-hydrogen) atoms. The van der Waals surface area contributed by atoms with Gasteiger partial charge < -0.3 is 24.2 Å². The van der Waals surface area contributed by atoms with E-state index < -0.39 is 11.4 Å². The largest absolute Gasteiger partial charge is 0.491 e. The van der Waals surface area contributed by atoms with Crippen LogP contribution in [0.3, 0.4) is 0 Å². The van der Waals surface area contributed by atoms with Gasteiger partial charge in [0.1, 0.15) is 17.8 Å². The predicted octanol–water partition coefficient (Wildman–Crippen LogP) is 1.33. The van der Waals surface area contributed by atoms with Gasteiger partial charge in [-0.2, -0.15) is 0 Å². The van der Waals surface area contributed by atoms with Gasteiger partial charge in [-0.25, -0.2) is 4.79 Å². The Bertz CT molecular complexity index is 654. The quantitative estimate of drug-likeness (QED) is 0.893. The number of carbonyl (C=O) groups is 2. The molecule has 7 heteroatoms. The molecule has 1 amide bonds. The van der Waals surface area contributed by atoms with Crippen LogP contribution >= 0.6 is 0 Å². The minimum Gasteiger partial charge on any atom is -0.491 e. The molecule has 0 unspecified atom stereocenters. The van der Waals surface area contributed by atoms with Gasteiger partial charge in [-0.15, -0.1) is 0 Å². The molecule has 1 saturated heterocycles. The fraction of sp³-hybridized carbons (Fsp3) is 0.529. The van der Waals surface area contributed by atoms with Crippen LogP contribution in [0.4, 0.5) is 0 Å². The van der Waals surface area contributed by atoms with Crippen molar-refractivity contribution in [3.05, 3.63) is 29.3 Å². The highest BCUT2D eigenvalue weighted by Gasteiger charge is 2.49. The summed E-state index contributed by atoms with van der Waals surface area (Å²) in [5.74, 6) is -0.498. The Hall–Kier alpha value is -2.12. The van der Waals surface area contributed by atoms with Crippen molar-refractivity contribution in [2.45, 2.75) is 13.0 Å². The highest BCUT2D eigenvalue weighted by Crippen LogP contribution is 2.37. The number of methoxy groups -OCH3 is 1. The Morgan fingerprint density at radius 1 is 1.42 bits per heavy atom. The van der Waals surface area contributed by atoms with Crippen LogP contribution in [0.15, 0.2) is 18.2 Å². The molecular formula is C17H21NO6. The van der Waals surface area contributed by atoms with Crippen molar-refractivity contribution in [1.29, 1.82) is 0 Å². The van der Waals surface area contributed by atoms with Crippen LogP contribution in [0.2, 0.25) is 0 Å². The summed E-state index contributed by atoms with van der Waals surface area (Å²) < 4.78 is 16.2. The van der Waals surface area contributed by atoms with Crippen molar-refractivity contribution in [3.8, 4) is 5.75 Å². The third-order valence-corrected chi connectivity index (χ3v) is 4.66. The Morgan fingerprint density at radius 2 is 2.17 bits per heavy atom. The molecule has 2 aliphatic rings. The summed E-state index contributed by atoms with van der Waals surface area (Å²) in [6.07, 6.45) is 0. The molecule has 1 aromatic rings. The molecule has 0 spiro atoms. The Labute approximate surface area is 140 Å². The second kappa shape index (κ2) is 6.41. The fourth-order valence-corrected chi connectivity index (χ4v) is 3.23. The third-order valence-electron chi connectivity index (χ3n) is 4.66. The van der Waals surface area contributed by atoms with Gasteiger partial charge in [-0.05, 0) is 19.1 Å². The number of rotatable bonds is 4. The maximum Gasteiger partial charge on any atom is 0.335 e. The monoisotopic (exact) mass is 335 g/mol. The predicted molar refractivity (Wildman–Crippen MR) is 84.2 cm³/mol.